The standard InChI is InChI=1S/2C8H7N3.2C8H6N3.2ClHO4.2Cu/c4*1-2-5-9-7(3-1)8-4-6-10-11-8;2*2-1(3,4)5;;/h2*1-6H,(H,10,11);2*1-6H;2*(H,2,3,4,5);;/q;;2*-1;;;2*+2/p-2. The van der Waals surface area contributed by atoms with Crippen molar-refractivity contribution in [3.05, 3.63) is 147 Å². The molecule has 0 saturated carbocycles. The smallest absolute Gasteiger partial charge is 0.581 e. The van der Waals surface area contributed by atoms with E-state index in [0.717, 1.165) is 45.6 Å². The number of hydrogen-bond donors (Lipinski definition) is 2. The van der Waals surface area contributed by atoms with Crippen LogP contribution in [0.1, 0.15) is 0 Å². The molecule has 0 aromatic carbocycles. The van der Waals surface area contributed by atoms with Gasteiger partial charge in [-0.2, -0.15) is 22.6 Å². The number of rotatable bonds is 4. The van der Waals surface area contributed by atoms with Gasteiger partial charge in [-0.05, 0) is 60.7 Å². The van der Waals surface area contributed by atoms with Crippen molar-refractivity contribution >= 4 is 0 Å². The van der Waals surface area contributed by atoms with Crippen molar-refractivity contribution in [2.24, 2.45) is 0 Å². The zero-order chi connectivity index (χ0) is 39.1. The minimum absolute atomic E-state index is 0. The molecule has 0 bridgehead atoms. The van der Waals surface area contributed by atoms with Crippen molar-refractivity contribution < 1.29 is 91.9 Å². The van der Waals surface area contributed by atoms with Gasteiger partial charge in [0.05, 0.1) is 34.2 Å². The summed E-state index contributed by atoms with van der Waals surface area (Å²) in [4.78, 5) is 16.5. The predicted molar refractivity (Wildman–Crippen MR) is 165 cm³/mol. The molecule has 20 nitrogen and oxygen atoms in total. The van der Waals surface area contributed by atoms with Gasteiger partial charge in [0.25, 0.3) is 0 Å². The normalized spacial score (nSPS) is 9.86. The molecule has 0 aliphatic carbocycles. The van der Waals surface area contributed by atoms with E-state index in [0.29, 0.717) is 0 Å². The zero-order valence-electron chi connectivity index (χ0n) is 28.0. The van der Waals surface area contributed by atoms with Gasteiger partial charge >= 0.3 is 34.1 Å². The number of hydrogen-bond acceptors (Lipinski definition) is 16. The number of aromatic nitrogens is 12. The van der Waals surface area contributed by atoms with E-state index < -0.39 is 20.5 Å². The van der Waals surface area contributed by atoms with Gasteiger partial charge in [0.2, 0.25) is 0 Å². The van der Waals surface area contributed by atoms with Crippen molar-refractivity contribution in [1.29, 1.82) is 0 Å². The van der Waals surface area contributed by atoms with Crippen molar-refractivity contribution in [2.75, 3.05) is 0 Å². The molecule has 0 saturated heterocycles. The number of H-pyrrole nitrogens is 2. The first-order valence-electron chi connectivity index (χ1n) is 14.6. The van der Waals surface area contributed by atoms with Crippen LogP contribution in [0.5, 0.6) is 0 Å². The second-order valence-electron chi connectivity index (χ2n) is 9.37. The summed E-state index contributed by atoms with van der Waals surface area (Å²) in [5.74, 6) is 0. The Balaban J connectivity index is 0.000000343. The second-order valence-corrected chi connectivity index (χ2v) is 10.9. The van der Waals surface area contributed by atoms with Gasteiger partial charge in [0, 0.05) is 37.2 Å². The molecule has 8 heterocycles. The minimum atomic E-state index is -4.94. The van der Waals surface area contributed by atoms with Gasteiger partial charge < -0.3 is 20.4 Å². The van der Waals surface area contributed by atoms with E-state index in [-0.39, 0.29) is 34.1 Å². The monoisotopic (exact) mass is 902 g/mol. The fraction of sp³-hybridized carbons (Fsp3) is 0. The van der Waals surface area contributed by atoms with E-state index in [4.69, 9.17) is 37.3 Å². The van der Waals surface area contributed by atoms with E-state index in [1.54, 1.807) is 49.6 Å². The Morgan fingerprint density at radius 2 is 0.661 bits per heavy atom. The quantitative estimate of drug-likeness (QED) is 0.158. The molecule has 0 spiro atoms. The van der Waals surface area contributed by atoms with Gasteiger partial charge in [-0.3, -0.25) is 30.1 Å². The van der Waals surface area contributed by atoms with Crippen LogP contribution in [0.2, 0.25) is 0 Å². The van der Waals surface area contributed by atoms with Crippen LogP contribution < -0.4 is 47.5 Å². The molecule has 8 rings (SSSR count). The molecule has 298 valence electrons. The molecule has 24 heteroatoms. The number of nitrogens with one attached hydrogen (secondary N) is 2. The molecular formula is C32H26Cl2Cu2N12O8. The van der Waals surface area contributed by atoms with Crippen molar-refractivity contribution in [3.8, 4) is 45.6 Å². The van der Waals surface area contributed by atoms with Crippen molar-refractivity contribution in [3.63, 3.8) is 0 Å². The molecular weight excluding hydrogens is 878 g/mol. The Hall–Kier alpha value is -5.26. The third-order valence-corrected chi connectivity index (χ3v) is 5.64. The number of nitrogens with zero attached hydrogens (tertiary/aromatic N) is 10. The Kier molecular flexibility index (Phi) is 23.1. The van der Waals surface area contributed by atoms with Gasteiger partial charge in [0.15, 0.2) is 0 Å². The van der Waals surface area contributed by atoms with Crippen molar-refractivity contribution in [1.82, 2.24) is 60.7 Å². The number of halogens is 2. The molecule has 0 aliphatic heterocycles. The van der Waals surface area contributed by atoms with Crippen LogP contribution in [-0.4, -0.2) is 50.5 Å². The summed E-state index contributed by atoms with van der Waals surface area (Å²) >= 11 is 0. The maximum Gasteiger partial charge on any atom is 2.00 e. The maximum atomic E-state index is 8.49. The van der Waals surface area contributed by atoms with Crippen LogP contribution >= 0.6 is 0 Å². The molecule has 0 amide bonds. The molecule has 0 fully saturated rings. The van der Waals surface area contributed by atoms with Crippen LogP contribution in [0.15, 0.2) is 147 Å². The molecule has 8 aromatic heterocycles. The zero-order valence-corrected chi connectivity index (χ0v) is 31.3. The third-order valence-electron chi connectivity index (χ3n) is 5.64. The molecule has 0 unspecified atom stereocenters. The summed E-state index contributed by atoms with van der Waals surface area (Å²) in [7, 11) is -9.89. The Bertz CT molecular complexity index is 1750. The molecule has 0 atom stereocenters. The first kappa shape index (κ1) is 48.8. The van der Waals surface area contributed by atoms with E-state index in [1.807, 2.05) is 97.1 Å². The molecule has 0 aliphatic rings. The topological polar surface area (TPSA) is 347 Å². The van der Waals surface area contributed by atoms with Gasteiger partial charge in [-0.1, -0.05) is 36.4 Å². The van der Waals surface area contributed by atoms with Crippen LogP contribution in [-0.2, 0) is 34.1 Å². The predicted octanol–water partition coefficient (Wildman–Crippen LogP) is -4.37. The largest absolute Gasteiger partial charge is 2.00 e. The maximum absolute atomic E-state index is 8.49. The number of aromatic amines is 2. The van der Waals surface area contributed by atoms with Gasteiger partial charge in [-0.15, -0.1) is 20.5 Å². The average Bonchev–Trinajstić information content (AvgIpc) is 4.01. The van der Waals surface area contributed by atoms with Gasteiger partial charge in [0.1, 0.15) is 11.4 Å². The summed E-state index contributed by atoms with van der Waals surface area (Å²) in [6.07, 6.45) is 13.9. The molecule has 8 aromatic rings. The van der Waals surface area contributed by atoms with Crippen molar-refractivity contribution in [2.45, 2.75) is 0 Å². The Morgan fingerprint density at radius 1 is 0.375 bits per heavy atom. The minimum Gasteiger partial charge on any atom is -0.581 e. The first-order valence-corrected chi connectivity index (χ1v) is 17.1. The van der Waals surface area contributed by atoms with Crippen LogP contribution in [0, 0.1) is 20.5 Å². The Morgan fingerprint density at radius 3 is 0.857 bits per heavy atom. The SMILES string of the molecule is [Cu+2].[Cu+2].[O-][Cl+3]([O-])([O-])[O-].[O-][Cl+3]([O-])([O-])[O-].c1ccc(-c2cc[n-]n2)nc1.c1ccc(-c2cc[n-]n2)nc1.c1ccc(-c2cc[nH]n2)nc1.c1ccc(-c2cc[nH]n2)nc1. The summed E-state index contributed by atoms with van der Waals surface area (Å²) in [6, 6.07) is 30.4. The molecule has 56 heavy (non-hydrogen) atoms. The second kappa shape index (κ2) is 26.5. The summed E-state index contributed by atoms with van der Waals surface area (Å²) in [6.45, 7) is 0. The van der Waals surface area contributed by atoms with E-state index in [2.05, 4.69) is 60.7 Å². The average molecular weight is 905 g/mol. The summed E-state index contributed by atoms with van der Waals surface area (Å²) in [5, 5.41) is 28.6. The van der Waals surface area contributed by atoms with Crippen LogP contribution in [0.4, 0.5) is 0 Å². The summed E-state index contributed by atoms with van der Waals surface area (Å²) < 4.78 is 67.9. The Labute approximate surface area is 343 Å². The summed E-state index contributed by atoms with van der Waals surface area (Å²) in [5.41, 5.74) is 6.94. The fourth-order valence-corrected chi connectivity index (χ4v) is 3.60. The van der Waals surface area contributed by atoms with Crippen LogP contribution in [0.25, 0.3) is 45.6 Å². The first-order chi connectivity index (χ1) is 25.9. The van der Waals surface area contributed by atoms with Gasteiger partial charge in [-0.25, -0.2) is 37.3 Å². The molecule has 2 radical (unpaired) electrons. The number of pyridine rings is 4. The van der Waals surface area contributed by atoms with E-state index in [9.17, 15) is 0 Å². The molecule has 2 N–H and O–H groups in total. The van der Waals surface area contributed by atoms with E-state index >= 15 is 0 Å². The fourth-order valence-electron chi connectivity index (χ4n) is 3.60. The van der Waals surface area contributed by atoms with Crippen LogP contribution in [0.3, 0.4) is 0 Å². The third kappa shape index (κ3) is 22.2. The van der Waals surface area contributed by atoms with E-state index in [1.165, 1.54) is 0 Å².